The molecule has 0 unspecified atom stereocenters. The molecule has 0 saturated carbocycles. The normalized spacial score (nSPS) is 15.4. The lowest BCUT2D eigenvalue weighted by Crippen LogP contribution is -2.49. The number of rotatable bonds is 3. The van der Waals surface area contributed by atoms with Gasteiger partial charge in [-0.2, -0.15) is 0 Å². The number of benzene rings is 1. The van der Waals surface area contributed by atoms with Gasteiger partial charge in [0.2, 0.25) is 5.91 Å². The van der Waals surface area contributed by atoms with Gasteiger partial charge < -0.3 is 14.9 Å². The average molecular weight is 262 g/mol. The van der Waals surface area contributed by atoms with Gasteiger partial charge in [0, 0.05) is 31.9 Å². The second-order valence-corrected chi connectivity index (χ2v) is 4.78. The fourth-order valence-electron chi connectivity index (χ4n) is 2.28. The summed E-state index contributed by atoms with van der Waals surface area (Å²) >= 11 is 0. The minimum atomic E-state index is -1.06. The molecule has 2 rings (SSSR count). The van der Waals surface area contributed by atoms with E-state index in [1.54, 1.807) is 4.90 Å². The summed E-state index contributed by atoms with van der Waals surface area (Å²) in [6.07, 6.45) is -0.412. The highest BCUT2D eigenvalue weighted by Crippen LogP contribution is 2.17. The molecule has 1 aromatic carbocycles. The van der Waals surface area contributed by atoms with Crippen LogP contribution >= 0.6 is 0 Å². The molecule has 1 amide bonds. The largest absolute Gasteiger partial charge is 0.481 e. The van der Waals surface area contributed by atoms with Crippen molar-refractivity contribution in [3.63, 3.8) is 0 Å². The lowest BCUT2D eigenvalue weighted by atomic mass is 10.2. The fraction of sp³-hybridized carbons (Fsp3) is 0.429. The Balaban J connectivity index is 1.92. The third-order valence-corrected chi connectivity index (χ3v) is 3.30. The Morgan fingerprint density at radius 1 is 1.21 bits per heavy atom. The highest BCUT2D eigenvalue weighted by molar-refractivity contribution is 5.93. The number of hydrogen-bond acceptors (Lipinski definition) is 3. The highest BCUT2D eigenvalue weighted by Gasteiger charge is 2.22. The maximum atomic E-state index is 11.6. The van der Waals surface area contributed by atoms with Crippen molar-refractivity contribution in [3.8, 4) is 0 Å². The number of carbonyl (C=O) groups excluding carboxylic acids is 1. The van der Waals surface area contributed by atoms with E-state index in [1.807, 2.05) is 6.07 Å². The number of carboxylic acid groups (broad SMARTS) is 1. The summed E-state index contributed by atoms with van der Waals surface area (Å²) in [4.78, 5) is 26.0. The SMILES string of the molecule is Cc1cccc(N2CCN(C(=O)CC(=O)O)CC2)c1. The highest BCUT2D eigenvalue weighted by atomic mass is 16.4. The molecule has 1 heterocycles. The second-order valence-electron chi connectivity index (χ2n) is 4.78. The molecule has 0 atom stereocenters. The zero-order chi connectivity index (χ0) is 13.8. The molecule has 0 radical (unpaired) electrons. The van der Waals surface area contributed by atoms with Crippen LogP contribution < -0.4 is 4.90 Å². The molecule has 0 spiro atoms. The van der Waals surface area contributed by atoms with Crippen molar-refractivity contribution in [2.45, 2.75) is 13.3 Å². The van der Waals surface area contributed by atoms with Crippen LogP contribution in [0.5, 0.6) is 0 Å². The number of aryl methyl sites for hydroxylation is 1. The van der Waals surface area contributed by atoms with Gasteiger partial charge in [-0.15, -0.1) is 0 Å². The maximum absolute atomic E-state index is 11.6. The number of piperazine rings is 1. The number of aliphatic carboxylic acids is 1. The Labute approximate surface area is 112 Å². The molecular formula is C14H18N2O3. The van der Waals surface area contributed by atoms with E-state index in [9.17, 15) is 9.59 Å². The van der Waals surface area contributed by atoms with E-state index >= 15 is 0 Å². The Morgan fingerprint density at radius 3 is 2.47 bits per heavy atom. The lowest BCUT2D eigenvalue weighted by Gasteiger charge is -2.36. The zero-order valence-electron chi connectivity index (χ0n) is 11.0. The smallest absolute Gasteiger partial charge is 0.312 e. The lowest BCUT2D eigenvalue weighted by molar-refractivity contribution is -0.144. The summed E-state index contributed by atoms with van der Waals surface area (Å²) in [7, 11) is 0. The summed E-state index contributed by atoms with van der Waals surface area (Å²) in [5.41, 5.74) is 2.37. The summed E-state index contributed by atoms with van der Waals surface area (Å²) in [5.74, 6) is -1.36. The first-order valence-corrected chi connectivity index (χ1v) is 6.37. The Kier molecular flexibility index (Phi) is 4.04. The molecular weight excluding hydrogens is 244 g/mol. The quantitative estimate of drug-likeness (QED) is 0.829. The maximum Gasteiger partial charge on any atom is 0.312 e. The van der Waals surface area contributed by atoms with E-state index in [-0.39, 0.29) is 5.91 Å². The van der Waals surface area contributed by atoms with E-state index in [2.05, 4.69) is 30.0 Å². The minimum absolute atomic E-state index is 0.295. The molecule has 1 N–H and O–H groups in total. The van der Waals surface area contributed by atoms with Gasteiger partial charge in [-0.25, -0.2) is 0 Å². The van der Waals surface area contributed by atoms with E-state index in [0.717, 1.165) is 18.8 Å². The number of carbonyl (C=O) groups is 2. The first kappa shape index (κ1) is 13.4. The summed E-state index contributed by atoms with van der Waals surface area (Å²) in [5, 5.41) is 8.62. The fourth-order valence-corrected chi connectivity index (χ4v) is 2.28. The van der Waals surface area contributed by atoms with Crippen molar-refractivity contribution >= 4 is 17.6 Å². The molecule has 0 aromatic heterocycles. The predicted octanol–water partition coefficient (Wildman–Crippen LogP) is 1.12. The van der Waals surface area contributed by atoms with Crippen LogP contribution in [0.25, 0.3) is 0 Å². The van der Waals surface area contributed by atoms with E-state index in [4.69, 9.17) is 5.11 Å². The number of anilines is 1. The van der Waals surface area contributed by atoms with Crippen LogP contribution in [0.1, 0.15) is 12.0 Å². The van der Waals surface area contributed by atoms with Crippen LogP contribution in [0.3, 0.4) is 0 Å². The van der Waals surface area contributed by atoms with E-state index < -0.39 is 12.4 Å². The third kappa shape index (κ3) is 3.47. The van der Waals surface area contributed by atoms with E-state index in [1.165, 1.54) is 5.56 Å². The number of amides is 1. The first-order valence-electron chi connectivity index (χ1n) is 6.37. The summed E-state index contributed by atoms with van der Waals surface area (Å²) in [6.45, 7) is 4.71. The first-order chi connectivity index (χ1) is 9.06. The van der Waals surface area contributed by atoms with Crippen molar-refractivity contribution in [2.24, 2.45) is 0 Å². The summed E-state index contributed by atoms with van der Waals surface area (Å²) in [6, 6.07) is 8.25. The standard InChI is InChI=1S/C14H18N2O3/c1-11-3-2-4-12(9-11)15-5-7-16(8-6-15)13(17)10-14(18)19/h2-4,9H,5-8,10H2,1H3,(H,18,19). The van der Waals surface area contributed by atoms with Gasteiger partial charge in [0.1, 0.15) is 6.42 Å². The zero-order valence-corrected chi connectivity index (χ0v) is 11.0. The molecule has 1 fully saturated rings. The molecule has 0 bridgehead atoms. The molecule has 1 aliphatic rings. The average Bonchev–Trinajstić information content (AvgIpc) is 2.38. The van der Waals surface area contributed by atoms with Crippen molar-refractivity contribution in [1.29, 1.82) is 0 Å². The van der Waals surface area contributed by atoms with Gasteiger partial charge in [-0.3, -0.25) is 9.59 Å². The number of nitrogens with zero attached hydrogens (tertiary/aromatic N) is 2. The van der Waals surface area contributed by atoms with Crippen molar-refractivity contribution < 1.29 is 14.7 Å². The van der Waals surface area contributed by atoms with Crippen LogP contribution in [-0.4, -0.2) is 48.1 Å². The van der Waals surface area contributed by atoms with Crippen molar-refractivity contribution in [2.75, 3.05) is 31.1 Å². The summed E-state index contributed by atoms with van der Waals surface area (Å²) < 4.78 is 0. The molecule has 5 nitrogen and oxygen atoms in total. The van der Waals surface area contributed by atoms with Gasteiger partial charge in [0.15, 0.2) is 0 Å². The van der Waals surface area contributed by atoms with E-state index in [0.29, 0.717) is 13.1 Å². The topological polar surface area (TPSA) is 60.9 Å². The van der Waals surface area contributed by atoms with Gasteiger partial charge >= 0.3 is 5.97 Å². The molecule has 1 saturated heterocycles. The Hall–Kier alpha value is -2.04. The predicted molar refractivity (Wildman–Crippen MR) is 72.2 cm³/mol. The molecule has 102 valence electrons. The monoisotopic (exact) mass is 262 g/mol. The molecule has 1 aromatic rings. The van der Waals surface area contributed by atoms with Crippen LogP contribution in [0.2, 0.25) is 0 Å². The van der Waals surface area contributed by atoms with Gasteiger partial charge in [-0.1, -0.05) is 12.1 Å². The van der Waals surface area contributed by atoms with Crippen molar-refractivity contribution in [1.82, 2.24) is 4.90 Å². The van der Waals surface area contributed by atoms with Crippen LogP contribution in [0.4, 0.5) is 5.69 Å². The van der Waals surface area contributed by atoms with Crippen LogP contribution in [0, 0.1) is 6.92 Å². The van der Waals surface area contributed by atoms with Gasteiger partial charge in [0.05, 0.1) is 0 Å². The molecule has 19 heavy (non-hydrogen) atoms. The minimum Gasteiger partial charge on any atom is -0.481 e. The third-order valence-electron chi connectivity index (χ3n) is 3.30. The molecule has 1 aliphatic heterocycles. The Bertz CT molecular complexity index is 479. The van der Waals surface area contributed by atoms with Crippen molar-refractivity contribution in [3.05, 3.63) is 29.8 Å². The number of hydrogen-bond donors (Lipinski definition) is 1. The molecule has 5 heteroatoms. The van der Waals surface area contributed by atoms with Gasteiger partial charge in [-0.05, 0) is 24.6 Å². The van der Waals surface area contributed by atoms with Gasteiger partial charge in [0.25, 0.3) is 0 Å². The molecule has 0 aliphatic carbocycles. The Morgan fingerprint density at radius 2 is 1.89 bits per heavy atom. The number of carboxylic acids is 1. The van der Waals surface area contributed by atoms with Crippen LogP contribution in [-0.2, 0) is 9.59 Å². The second kappa shape index (κ2) is 5.73. The van der Waals surface area contributed by atoms with Crippen LogP contribution in [0.15, 0.2) is 24.3 Å².